The summed E-state index contributed by atoms with van der Waals surface area (Å²) < 4.78 is 0. The van der Waals surface area contributed by atoms with Crippen molar-refractivity contribution in [1.29, 1.82) is 0 Å². The number of hydrogen-bond donors (Lipinski definition) is 1. The van der Waals surface area contributed by atoms with Crippen LogP contribution in [0.2, 0.25) is 0 Å². The van der Waals surface area contributed by atoms with Crippen LogP contribution in [0.15, 0.2) is 0 Å². The number of nitrogens with one attached hydrogen (secondary N) is 1. The third-order valence-electron chi connectivity index (χ3n) is 4.41. The number of carbonyl (C=O) groups excluding carboxylic acids is 1. The number of carbonyl (C=O) groups is 1. The molecule has 2 rings (SSSR count). The number of hydrogen-bond acceptors (Lipinski definition) is 2. The highest BCUT2D eigenvalue weighted by Gasteiger charge is 2.46. The average Bonchev–Trinajstić information content (AvgIpc) is 2.16. The second-order valence-corrected chi connectivity index (χ2v) is 5.25. The fourth-order valence-electron chi connectivity index (χ4n) is 3.03. The van der Waals surface area contributed by atoms with Crippen molar-refractivity contribution in [3.63, 3.8) is 0 Å². The maximum Gasteiger partial charge on any atom is 0.236 e. The molecule has 0 aromatic rings. The van der Waals surface area contributed by atoms with Crippen LogP contribution >= 0.6 is 12.4 Å². The van der Waals surface area contributed by atoms with Crippen molar-refractivity contribution in [3.05, 3.63) is 0 Å². The number of rotatable bonds is 2. The van der Waals surface area contributed by atoms with E-state index in [9.17, 15) is 4.79 Å². The van der Waals surface area contributed by atoms with Crippen LogP contribution in [0, 0.1) is 11.3 Å². The molecule has 1 spiro atoms. The normalized spacial score (nSPS) is 27.1. The van der Waals surface area contributed by atoms with E-state index in [1.54, 1.807) is 0 Å². The summed E-state index contributed by atoms with van der Waals surface area (Å²) in [7, 11) is 1.84. The fourth-order valence-corrected chi connectivity index (χ4v) is 3.03. The van der Waals surface area contributed by atoms with Crippen LogP contribution in [0.1, 0.15) is 32.6 Å². The monoisotopic (exact) mass is 246 g/mol. The molecule has 2 fully saturated rings. The maximum absolute atomic E-state index is 11.8. The summed E-state index contributed by atoms with van der Waals surface area (Å²) in [6.45, 7) is 4.82. The van der Waals surface area contributed by atoms with Gasteiger partial charge < -0.3 is 10.2 Å². The van der Waals surface area contributed by atoms with Crippen LogP contribution in [-0.2, 0) is 4.79 Å². The van der Waals surface area contributed by atoms with Gasteiger partial charge in [-0.3, -0.25) is 4.79 Å². The van der Waals surface area contributed by atoms with E-state index in [2.05, 4.69) is 17.1 Å². The zero-order valence-corrected chi connectivity index (χ0v) is 11.1. The largest absolute Gasteiger partial charge is 0.341 e. The van der Waals surface area contributed by atoms with Crippen LogP contribution in [0.5, 0.6) is 0 Å². The second kappa shape index (κ2) is 5.37. The number of likely N-dealkylation sites (N-methyl/N-ethyl adjacent to an activating group) is 1. The summed E-state index contributed by atoms with van der Waals surface area (Å²) >= 11 is 0. The molecule has 1 amide bonds. The Morgan fingerprint density at radius 2 is 2.19 bits per heavy atom. The number of amides is 1. The molecule has 3 nitrogen and oxygen atoms in total. The molecule has 1 atom stereocenters. The first kappa shape index (κ1) is 13.8. The number of piperidine rings is 1. The van der Waals surface area contributed by atoms with Gasteiger partial charge in [0.15, 0.2) is 0 Å². The minimum atomic E-state index is 0. The lowest BCUT2D eigenvalue weighted by Gasteiger charge is -2.53. The highest BCUT2D eigenvalue weighted by molar-refractivity contribution is 5.85. The molecule has 0 aromatic heterocycles. The minimum Gasteiger partial charge on any atom is -0.341 e. The van der Waals surface area contributed by atoms with Gasteiger partial charge in [0.1, 0.15) is 0 Å². The molecule has 4 heteroatoms. The van der Waals surface area contributed by atoms with E-state index in [-0.39, 0.29) is 18.3 Å². The Hall–Kier alpha value is -0.280. The molecule has 1 aliphatic carbocycles. The molecule has 94 valence electrons. The number of likely N-dealkylation sites (tertiary alicyclic amines) is 1. The van der Waals surface area contributed by atoms with Gasteiger partial charge in [0.2, 0.25) is 5.91 Å². The Bertz CT molecular complexity index is 253. The Morgan fingerprint density at radius 1 is 1.50 bits per heavy atom. The lowest BCUT2D eigenvalue weighted by atomic mass is 9.59. The first-order chi connectivity index (χ1) is 7.18. The quantitative estimate of drug-likeness (QED) is 0.804. The number of halogens is 1. The van der Waals surface area contributed by atoms with Gasteiger partial charge in [-0.1, -0.05) is 13.3 Å². The molecule has 0 bridgehead atoms. The van der Waals surface area contributed by atoms with Gasteiger partial charge in [0.05, 0.1) is 6.54 Å². The van der Waals surface area contributed by atoms with Gasteiger partial charge in [0.25, 0.3) is 0 Å². The molecule has 1 aliphatic heterocycles. The first-order valence-electron chi connectivity index (χ1n) is 6.10. The third-order valence-corrected chi connectivity index (χ3v) is 4.41. The Labute approximate surface area is 104 Å². The molecule has 1 saturated carbocycles. The topological polar surface area (TPSA) is 32.3 Å². The van der Waals surface area contributed by atoms with Crippen molar-refractivity contribution >= 4 is 18.3 Å². The molecular weight excluding hydrogens is 224 g/mol. The van der Waals surface area contributed by atoms with E-state index in [1.807, 2.05) is 7.05 Å². The van der Waals surface area contributed by atoms with E-state index in [0.717, 1.165) is 19.0 Å². The second-order valence-electron chi connectivity index (χ2n) is 5.25. The van der Waals surface area contributed by atoms with Gasteiger partial charge in [0, 0.05) is 13.1 Å². The average molecular weight is 247 g/mol. The molecule has 1 saturated heterocycles. The highest BCUT2D eigenvalue weighted by Crippen LogP contribution is 2.50. The summed E-state index contributed by atoms with van der Waals surface area (Å²) in [6.07, 6.45) is 5.21. The summed E-state index contributed by atoms with van der Waals surface area (Å²) in [5.41, 5.74) is 0.488. The Balaban J connectivity index is 0.00000128. The van der Waals surface area contributed by atoms with Crippen LogP contribution in [0.25, 0.3) is 0 Å². The first-order valence-corrected chi connectivity index (χ1v) is 6.10. The van der Waals surface area contributed by atoms with E-state index in [1.165, 1.54) is 25.7 Å². The van der Waals surface area contributed by atoms with E-state index < -0.39 is 0 Å². The standard InChI is InChI=1S/C12H22N2O.ClH/c1-10-4-7-14(11(15)8-13-2)9-12(10)5-3-6-12;/h10,13H,3-9H2,1-2H3;1H. The molecule has 0 aromatic carbocycles. The maximum atomic E-state index is 11.8. The van der Waals surface area contributed by atoms with Crippen LogP contribution in [-0.4, -0.2) is 37.5 Å². The Morgan fingerprint density at radius 3 is 2.69 bits per heavy atom. The zero-order chi connectivity index (χ0) is 10.9. The molecule has 2 aliphatic rings. The molecular formula is C12H23ClN2O. The van der Waals surface area contributed by atoms with Crippen LogP contribution < -0.4 is 5.32 Å². The van der Waals surface area contributed by atoms with Gasteiger partial charge in [-0.2, -0.15) is 0 Å². The molecule has 1 heterocycles. The zero-order valence-electron chi connectivity index (χ0n) is 10.3. The van der Waals surface area contributed by atoms with Crippen molar-refractivity contribution in [2.75, 3.05) is 26.7 Å². The van der Waals surface area contributed by atoms with Crippen molar-refractivity contribution in [3.8, 4) is 0 Å². The van der Waals surface area contributed by atoms with E-state index >= 15 is 0 Å². The van der Waals surface area contributed by atoms with Crippen LogP contribution in [0.4, 0.5) is 0 Å². The number of nitrogens with zero attached hydrogens (tertiary/aromatic N) is 1. The van der Waals surface area contributed by atoms with Crippen molar-refractivity contribution in [2.24, 2.45) is 11.3 Å². The lowest BCUT2D eigenvalue weighted by Crippen LogP contribution is -2.54. The van der Waals surface area contributed by atoms with Crippen LogP contribution in [0.3, 0.4) is 0 Å². The van der Waals surface area contributed by atoms with E-state index in [4.69, 9.17) is 0 Å². The lowest BCUT2D eigenvalue weighted by molar-refractivity contribution is -0.138. The molecule has 16 heavy (non-hydrogen) atoms. The fraction of sp³-hybridized carbons (Fsp3) is 0.917. The summed E-state index contributed by atoms with van der Waals surface area (Å²) in [4.78, 5) is 13.9. The summed E-state index contributed by atoms with van der Waals surface area (Å²) in [5.74, 6) is 1.08. The van der Waals surface area contributed by atoms with Crippen molar-refractivity contribution in [2.45, 2.75) is 32.6 Å². The SMILES string of the molecule is CNCC(=O)N1CCC(C)C2(CCC2)C1.Cl. The van der Waals surface area contributed by atoms with Crippen molar-refractivity contribution in [1.82, 2.24) is 10.2 Å². The van der Waals surface area contributed by atoms with Gasteiger partial charge in [-0.15, -0.1) is 12.4 Å². The van der Waals surface area contributed by atoms with Gasteiger partial charge >= 0.3 is 0 Å². The molecule has 0 radical (unpaired) electrons. The summed E-state index contributed by atoms with van der Waals surface area (Å²) in [5, 5.41) is 2.95. The summed E-state index contributed by atoms with van der Waals surface area (Å²) in [6, 6.07) is 0. The predicted octanol–water partition coefficient (Wildman–Crippen LogP) is 1.67. The third kappa shape index (κ3) is 2.35. The van der Waals surface area contributed by atoms with Gasteiger partial charge in [-0.25, -0.2) is 0 Å². The Kier molecular flexibility index (Phi) is 4.62. The molecule has 1 unspecified atom stereocenters. The van der Waals surface area contributed by atoms with Gasteiger partial charge in [-0.05, 0) is 37.6 Å². The predicted molar refractivity (Wildman–Crippen MR) is 67.8 cm³/mol. The van der Waals surface area contributed by atoms with E-state index in [0.29, 0.717) is 12.0 Å². The minimum absolute atomic E-state index is 0. The highest BCUT2D eigenvalue weighted by atomic mass is 35.5. The van der Waals surface area contributed by atoms with Crippen molar-refractivity contribution < 1.29 is 4.79 Å². The molecule has 1 N–H and O–H groups in total. The smallest absolute Gasteiger partial charge is 0.236 e.